The Morgan fingerprint density at radius 3 is 2.28 bits per heavy atom. The average molecular weight is 490 g/mol. The van der Waals surface area contributed by atoms with Gasteiger partial charge in [-0.3, -0.25) is 14.5 Å². The lowest BCUT2D eigenvalue weighted by atomic mass is 9.94. The summed E-state index contributed by atoms with van der Waals surface area (Å²) in [6, 6.07) is 16.3. The van der Waals surface area contributed by atoms with Crippen molar-refractivity contribution >= 4 is 23.1 Å². The summed E-state index contributed by atoms with van der Waals surface area (Å²) in [5, 5.41) is 11.3. The Balaban J connectivity index is 1.83. The van der Waals surface area contributed by atoms with E-state index in [1.807, 2.05) is 20.8 Å². The summed E-state index contributed by atoms with van der Waals surface area (Å²) in [7, 11) is 1.53. The molecule has 1 atom stereocenters. The molecule has 4 rings (SSSR count). The van der Waals surface area contributed by atoms with Crippen LogP contribution in [0.15, 0.2) is 72.3 Å². The topological polar surface area (TPSA) is 76.1 Å². The van der Waals surface area contributed by atoms with Crippen LogP contribution in [0.25, 0.3) is 5.76 Å². The van der Waals surface area contributed by atoms with Crippen LogP contribution >= 0.6 is 0 Å². The van der Waals surface area contributed by atoms with Crippen molar-refractivity contribution in [2.75, 3.05) is 18.6 Å². The number of ketones is 1. The van der Waals surface area contributed by atoms with Gasteiger partial charge in [0.1, 0.15) is 23.1 Å². The van der Waals surface area contributed by atoms with Crippen molar-refractivity contribution in [3.63, 3.8) is 0 Å². The highest BCUT2D eigenvalue weighted by atomic mass is 19.1. The smallest absolute Gasteiger partial charge is 0.300 e. The molecule has 0 bridgehead atoms. The lowest BCUT2D eigenvalue weighted by Crippen LogP contribution is -2.29. The average Bonchev–Trinajstić information content (AvgIpc) is 3.13. The number of carbonyl (C=O) groups is 2. The van der Waals surface area contributed by atoms with Crippen molar-refractivity contribution in [1.29, 1.82) is 0 Å². The first kappa shape index (κ1) is 25.0. The van der Waals surface area contributed by atoms with Gasteiger partial charge in [0, 0.05) is 11.3 Å². The van der Waals surface area contributed by atoms with Crippen LogP contribution in [0.3, 0.4) is 0 Å². The quantitative estimate of drug-likeness (QED) is 0.258. The zero-order valence-electron chi connectivity index (χ0n) is 20.6. The van der Waals surface area contributed by atoms with E-state index in [0.717, 1.165) is 5.56 Å². The van der Waals surface area contributed by atoms with Gasteiger partial charge in [0.2, 0.25) is 0 Å². The minimum absolute atomic E-state index is 0.0716. The van der Waals surface area contributed by atoms with Gasteiger partial charge in [-0.05, 0) is 78.6 Å². The molecule has 0 aliphatic carbocycles. The molecule has 0 saturated carbocycles. The summed E-state index contributed by atoms with van der Waals surface area (Å²) in [4.78, 5) is 27.8. The number of methoxy groups -OCH3 is 1. The van der Waals surface area contributed by atoms with Crippen molar-refractivity contribution in [2.45, 2.75) is 26.8 Å². The highest BCUT2D eigenvalue weighted by Crippen LogP contribution is 2.42. The van der Waals surface area contributed by atoms with Crippen LogP contribution in [0.2, 0.25) is 0 Å². The van der Waals surface area contributed by atoms with Crippen molar-refractivity contribution in [3.8, 4) is 11.5 Å². The van der Waals surface area contributed by atoms with Crippen LogP contribution in [0.4, 0.5) is 10.1 Å². The fourth-order valence-corrected chi connectivity index (χ4v) is 4.17. The number of hydrogen-bond donors (Lipinski definition) is 1. The van der Waals surface area contributed by atoms with Gasteiger partial charge in [0.25, 0.3) is 11.7 Å². The predicted octanol–water partition coefficient (Wildman–Crippen LogP) is 5.80. The van der Waals surface area contributed by atoms with Gasteiger partial charge >= 0.3 is 0 Å². The normalized spacial score (nSPS) is 17.1. The van der Waals surface area contributed by atoms with Crippen molar-refractivity contribution < 1.29 is 28.6 Å². The fraction of sp³-hybridized carbons (Fsp3) is 0.241. The summed E-state index contributed by atoms with van der Waals surface area (Å²) in [5.41, 5.74) is 2.02. The molecule has 3 aromatic carbocycles. The summed E-state index contributed by atoms with van der Waals surface area (Å²) >= 11 is 0. The lowest BCUT2D eigenvalue weighted by Gasteiger charge is -2.25. The second-order valence-electron chi connectivity index (χ2n) is 9.10. The van der Waals surface area contributed by atoms with E-state index >= 15 is 0 Å². The van der Waals surface area contributed by atoms with E-state index in [1.165, 1.54) is 36.3 Å². The first-order valence-electron chi connectivity index (χ1n) is 11.7. The number of benzene rings is 3. The number of hydrogen-bond acceptors (Lipinski definition) is 5. The predicted molar refractivity (Wildman–Crippen MR) is 136 cm³/mol. The van der Waals surface area contributed by atoms with Crippen LogP contribution < -0.4 is 14.4 Å². The van der Waals surface area contributed by atoms with Crippen LogP contribution in [-0.2, 0) is 9.59 Å². The van der Waals surface area contributed by atoms with E-state index in [9.17, 15) is 19.1 Å². The molecule has 1 N–H and O–H groups in total. The largest absolute Gasteiger partial charge is 0.507 e. The number of Topliss-reactive ketones (excluding diaryl/α,β-unsaturated/α-hetero) is 1. The summed E-state index contributed by atoms with van der Waals surface area (Å²) in [5.74, 6) is -0.759. The molecule has 1 amide bonds. The number of carbonyl (C=O) groups excluding carboxylic acids is 2. The Bertz CT molecular complexity index is 1310. The molecule has 7 heteroatoms. The van der Waals surface area contributed by atoms with Gasteiger partial charge in [-0.15, -0.1) is 0 Å². The number of nitrogens with zero attached hydrogens (tertiary/aromatic N) is 1. The molecule has 36 heavy (non-hydrogen) atoms. The van der Waals surface area contributed by atoms with Crippen molar-refractivity contribution in [3.05, 3.63) is 94.8 Å². The van der Waals surface area contributed by atoms with Crippen LogP contribution in [0, 0.1) is 18.7 Å². The number of rotatable bonds is 7. The molecule has 6 nitrogen and oxygen atoms in total. The first-order chi connectivity index (χ1) is 17.2. The number of aryl methyl sites for hydroxylation is 1. The van der Waals surface area contributed by atoms with Gasteiger partial charge in [-0.25, -0.2) is 4.39 Å². The maximum Gasteiger partial charge on any atom is 0.300 e. The Morgan fingerprint density at radius 2 is 1.69 bits per heavy atom. The van der Waals surface area contributed by atoms with Crippen LogP contribution in [-0.4, -0.2) is 30.5 Å². The highest BCUT2D eigenvalue weighted by molar-refractivity contribution is 6.51. The number of aliphatic hydroxyl groups excluding tert-OH is 1. The van der Waals surface area contributed by atoms with Crippen LogP contribution in [0.5, 0.6) is 11.5 Å². The van der Waals surface area contributed by atoms with E-state index in [4.69, 9.17) is 9.47 Å². The lowest BCUT2D eigenvalue weighted by molar-refractivity contribution is -0.132. The standard InChI is InChI=1S/C29H28FNO5/c1-17(2)16-36-24-14-7-20(15-18(24)3)27(32)25-26(19-5-8-21(30)9-6-19)31(29(34)28(25)33)22-10-12-23(35-4)13-11-22/h5-15,17,26,32H,16H2,1-4H3/b27-25-. The third-order valence-corrected chi connectivity index (χ3v) is 6.00. The van der Waals surface area contributed by atoms with Crippen molar-refractivity contribution in [1.82, 2.24) is 0 Å². The molecule has 0 radical (unpaired) electrons. The van der Waals surface area contributed by atoms with E-state index in [2.05, 4.69) is 0 Å². The number of aliphatic hydroxyl groups is 1. The minimum Gasteiger partial charge on any atom is -0.507 e. The molecular weight excluding hydrogens is 461 g/mol. The molecule has 0 spiro atoms. The Hall–Kier alpha value is -4.13. The number of amides is 1. The SMILES string of the molecule is COc1ccc(N2C(=O)C(=O)/C(=C(\O)c3ccc(OCC(C)C)c(C)c3)C2c2ccc(F)cc2)cc1. The molecule has 1 unspecified atom stereocenters. The molecule has 1 fully saturated rings. The maximum absolute atomic E-state index is 13.7. The maximum atomic E-state index is 13.7. The first-order valence-corrected chi connectivity index (χ1v) is 11.7. The summed E-state index contributed by atoms with van der Waals surface area (Å²) < 4.78 is 24.7. The zero-order chi connectivity index (χ0) is 26.0. The van der Waals surface area contributed by atoms with Gasteiger partial charge in [-0.1, -0.05) is 26.0 Å². The third-order valence-electron chi connectivity index (χ3n) is 6.00. The van der Waals surface area contributed by atoms with E-state index < -0.39 is 23.5 Å². The molecule has 0 aromatic heterocycles. The summed E-state index contributed by atoms with van der Waals surface area (Å²) in [6.45, 7) is 6.49. The van der Waals surface area contributed by atoms with Gasteiger partial charge in [-0.2, -0.15) is 0 Å². The molecule has 3 aromatic rings. The van der Waals surface area contributed by atoms with Gasteiger partial charge < -0.3 is 14.6 Å². The Morgan fingerprint density at radius 1 is 1.03 bits per heavy atom. The van der Waals surface area contributed by atoms with Gasteiger partial charge in [0.05, 0.1) is 25.3 Å². The molecule has 1 heterocycles. The zero-order valence-corrected chi connectivity index (χ0v) is 20.6. The van der Waals surface area contributed by atoms with Crippen molar-refractivity contribution in [2.24, 2.45) is 5.92 Å². The Labute approximate surface area is 209 Å². The number of halogens is 1. The minimum atomic E-state index is -0.948. The molecule has 186 valence electrons. The third kappa shape index (κ3) is 4.82. The second kappa shape index (κ2) is 10.2. The summed E-state index contributed by atoms with van der Waals surface area (Å²) in [6.07, 6.45) is 0. The molecule has 1 saturated heterocycles. The monoisotopic (exact) mass is 489 g/mol. The number of anilines is 1. The molecule has 1 aliphatic heterocycles. The van der Waals surface area contributed by atoms with E-state index in [1.54, 1.807) is 42.5 Å². The number of ether oxygens (including phenoxy) is 2. The van der Waals surface area contributed by atoms with Gasteiger partial charge in [0.15, 0.2) is 0 Å². The second-order valence-corrected chi connectivity index (χ2v) is 9.10. The highest BCUT2D eigenvalue weighted by Gasteiger charge is 2.47. The van der Waals surface area contributed by atoms with E-state index in [-0.39, 0.29) is 11.3 Å². The molecular formula is C29H28FNO5. The van der Waals surface area contributed by atoms with Crippen LogP contribution in [0.1, 0.15) is 36.6 Å². The van der Waals surface area contributed by atoms with E-state index in [0.29, 0.717) is 40.8 Å². The Kier molecular flexibility index (Phi) is 7.10. The molecule has 1 aliphatic rings. The fourth-order valence-electron chi connectivity index (χ4n) is 4.17.